The number of carbonyl (C=O) groups is 2. The van der Waals surface area contributed by atoms with E-state index in [4.69, 9.17) is 45.6 Å². The summed E-state index contributed by atoms with van der Waals surface area (Å²) in [5, 5.41) is 4.36. The van der Waals surface area contributed by atoms with E-state index in [0.717, 1.165) is 62.6 Å². The first kappa shape index (κ1) is 51.0. The van der Waals surface area contributed by atoms with Crippen LogP contribution in [-0.4, -0.2) is 126 Å². The van der Waals surface area contributed by atoms with Crippen molar-refractivity contribution in [2.24, 2.45) is 5.73 Å². The van der Waals surface area contributed by atoms with Gasteiger partial charge in [-0.1, -0.05) is 0 Å². The summed E-state index contributed by atoms with van der Waals surface area (Å²) in [5.74, 6) is 4.38. The number of anilines is 4. The zero-order valence-corrected chi connectivity index (χ0v) is 38.7. The van der Waals surface area contributed by atoms with E-state index in [-0.39, 0.29) is 66.4 Å². The average molecular weight is 974 g/mol. The van der Waals surface area contributed by atoms with Gasteiger partial charge >= 0.3 is 0 Å². The van der Waals surface area contributed by atoms with Crippen molar-refractivity contribution in [1.82, 2.24) is 25.3 Å². The van der Waals surface area contributed by atoms with Gasteiger partial charge in [0.2, 0.25) is 17.8 Å². The molecule has 4 aromatic rings. The molecular weight excluding hydrogens is 914 g/mol. The van der Waals surface area contributed by atoms with Crippen LogP contribution < -0.4 is 51.3 Å². The second-order valence-electron chi connectivity index (χ2n) is 13.5. The van der Waals surface area contributed by atoms with Crippen LogP contribution >= 0.6 is 24.0 Å². The summed E-state index contributed by atoms with van der Waals surface area (Å²) in [7, 11) is 10.1. The number of rotatable bonds is 15. The molecule has 2 atom stereocenters. The Bertz CT molecular complexity index is 1950. The largest absolute Gasteiger partial charge is 0.493 e. The number of ether oxygens (including phenoxy) is 6. The number of nitrogens with zero attached hydrogens (tertiary/aromatic N) is 6. The maximum Gasteiger partial charge on any atom is 0.249 e. The van der Waals surface area contributed by atoms with Crippen molar-refractivity contribution < 1.29 is 56.6 Å². The van der Waals surface area contributed by atoms with Crippen molar-refractivity contribution in [3.05, 3.63) is 24.3 Å². The van der Waals surface area contributed by atoms with E-state index in [2.05, 4.69) is 25.3 Å². The summed E-state index contributed by atoms with van der Waals surface area (Å²) in [6, 6.07) is 7.14. The molecule has 2 saturated heterocycles. The Morgan fingerprint density at radius 1 is 0.729 bits per heavy atom. The molecule has 2 fully saturated rings. The third-order valence-corrected chi connectivity index (χ3v) is 9.39. The van der Waals surface area contributed by atoms with E-state index in [1.165, 1.54) is 0 Å². The molecule has 2 aromatic heterocycles. The van der Waals surface area contributed by atoms with Crippen molar-refractivity contribution in [3.63, 3.8) is 0 Å². The van der Waals surface area contributed by atoms with Crippen LogP contribution in [0.1, 0.15) is 45.4 Å². The number of hydrogen-bond acceptors (Lipinski definition) is 17. The Hall–Kier alpha value is -4.15. The maximum atomic E-state index is 12.0. The molecule has 2 aliphatic heterocycles. The summed E-state index contributed by atoms with van der Waals surface area (Å²) in [6.45, 7) is 5.65. The predicted molar refractivity (Wildman–Crippen MR) is 236 cm³/mol. The number of halogens is 1. The summed E-state index contributed by atoms with van der Waals surface area (Å²) >= 11 is 0. The number of nitrogens with two attached hydrogens (primary N) is 3. The molecule has 0 saturated carbocycles. The van der Waals surface area contributed by atoms with Crippen LogP contribution in [0.25, 0.3) is 21.8 Å². The topological polar surface area (TPSA) is 238 Å². The molecule has 1 amide bonds. The molecule has 325 valence electrons. The molecule has 18 nitrogen and oxygen atoms in total. The molecular formula is C39H59IN10O8V. The van der Waals surface area contributed by atoms with Crippen molar-refractivity contribution in [1.29, 1.82) is 0 Å². The van der Waals surface area contributed by atoms with Crippen LogP contribution in [0.4, 0.5) is 23.5 Å². The van der Waals surface area contributed by atoms with E-state index in [1.54, 1.807) is 59.6 Å². The smallest absolute Gasteiger partial charge is 0.249 e. The van der Waals surface area contributed by atoms with Crippen molar-refractivity contribution in [2.45, 2.75) is 57.7 Å². The number of fused-ring (bicyclic) bond motifs is 2. The van der Waals surface area contributed by atoms with E-state index in [0.29, 0.717) is 83.7 Å². The van der Waals surface area contributed by atoms with Gasteiger partial charge in [0.1, 0.15) is 23.8 Å². The number of methoxy groups -OCH3 is 4. The normalized spacial score (nSPS) is 15.3. The number of amides is 1. The minimum Gasteiger partial charge on any atom is -0.493 e. The predicted octanol–water partition coefficient (Wildman–Crippen LogP) is 3.73. The molecule has 2 unspecified atom stereocenters. The van der Waals surface area contributed by atoms with E-state index < -0.39 is 0 Å². The number of aromatic nitrogens is 4. The minimum absolute atomic E-state index is 0. The van der Waals surface area contributed by atoms with Crippen LogP contribution in [0.15, 0.2) is 24.3 Å². The van der Waals surface area contributed by atoms with Crippen LogP contribution in [0, 0.1) is 0 Å². The van der Waals surface area contributed by atoms with Gasteiger partial charge in [-0.2, -0.15) is 9.97 Å². The van der Waals surface area contributed by atoms with Gasteiger partial charge in [0, 0.05) is 88.4 Å². The minimum atomic E-state index is -0.298. The Labute approximate surface area is 374 Å². The number of hydrogen-bond donors (Lipinski definition) is 4. The zero-order valence-electron chi connectivity index (χ0n) is 35.0. The number of ketones is 1. The quantitative estimate of drug-likeness (QED) is 0.0981. The Morgan fingerprint density at radius 2 is 1.15 bits per heavy atom. The third kappa shape index (κ3) is 14.2. The summed E-state index contributed by atoms with van der Waals surface area (Å²) in [6.07, 6.45) is 4.96. The molecule has 4 heterocycles. The van der Waals surface area contributed by atoms with Crippen molar-refractivity contribution in [3.8, 4) is 23.0 Å². The molecule has 7 N–H and O–H groups in total. The van der Waals surface area contributed by atoms with Crippen LogP contribution in [0.5, 0.6) is 23.0 Å². The van der Waals surface area contributed by atoms with Gasteiger partial charge in [0.25, 0.3) is 0 Å². The number of benzene rings is 2. The van der Waals surface area contributed by atoms with Crippen LogP contribution in [0.3, 0.4) is 0 Å². The molecule has 0 aliphatic carbocycles. The van der Waals surface area contributed by atoms with E-state index in [9.17, 15) is 9.59 Å². The number of nitrogens with one attached hydrogen (secondary N) is 1. The summed E-state index contributed by atoms with van der Waals surface area (Å²) in [4.78, 5) is 44.2. The molecule has 2 aromatic carbocycles. The first-order chi connectivity index (χ1) is 27.4. The van der Waals surface area contributed by atoms with Gasteiger partial charge < -0.3 is 60.7 Å². The van der Waals surface area contributed by atoms with Gasteiger partial charge in [0.15, 0.2) is 28.8 Å². The van der Waals surface area contributed by atoms with Gasteiger partial charge in [-0.25, -0.2) is 9.97 Å². The van der Waals surface area contributed by atoms with Crippen LogP contribution in [-0.2, 0) is 37.6 Å². The molecule has 6 rings (SSSR count). The SMILES string of the molecule is CC(=O)C1CCCO1.COc1cc2nc(N(C)CCCN)nc(N)c2cc1OC.COc1cc2nc(N(C)CCCNC(=O)C3CCCO3)nc(N)c2cc1OC.I.[V]. The van der Waals surface area contributed by atoms with E-state index in [1.807, 2.05) is 23.9 Å². The Kier molecular flexibility index (Phi) is 22.0. The summed E-state index contributed by atoms with van der Waals surface area (Å²) < 4.78 is 31.7. The Morgan fingerprint density at radius 3 is 1.53 bits per heavy atom. The van der Waals surface area contributed by atoms with Crippen molar-refractivity contribution >= 4 is 81.0 Å². The molecule has 20 heteroatoms. The number of carbonyl (C=O) groups excluding carboxylic acids is 2. The third-order valence-electron chi connectivity index (χ3n) is 9.39. The molecule has 1 radical (unpaired) electrons. The Balaban J connectivity index is 0.000000341. The molecule has 2 aliphatic rings. The zero-order chi connectivity index (χ0) is 41.5. The van der Waals surface area contributed by atoms with E-state index >= 15 is 0 Å². The number of Topliss-reactive ketones (excluding diaryl/α,β-unsaturated/α-hetero) is 1. The van der Waals surface area contributed by atoms with Crippen LogP contribution in [0.2, 0.25) is 0 Å². The van der Waals surface area contributed by atoms with Gasteiger partial charge in [-0.15, -0.1) is 24.0 Å². The summed E-state index contributed by atoms with van der Waals surface area (Å²) in [5.41, 5.74) is 19.1. The average Bonchev–Trinajstić information content (AvgIpc) is 3.97. The molecule has 0 bridgehead atoms. The second kappa shape index (κ2) is 25.5. The second-order valence-corrected chi connectivity index (χ2v) is 13.5. The fourth-order valence-electron chi connectivity index (χ4n) is 6.13. The number of nitrogen functional groups attached to an aromatic ring is 2. The molecule has 59 heavy (non-hydrogen) atoms. The first-order valence-corrected chi connectivity index (χ1v) is 19.0. The standard InChI is InChI=1S/C19H27N5O4.C14H21N5O2.C6H10O2.HI.V/c1-24(8-5-7-21-18(25)14-6-4-9-28-14)19-22-13-11-16(27-3)15(26-2)10-12(13)17(20)23-19;1-19(6-4-5-15)14-17-10-8-12(21-3)11(20-2)7-9(10)13(16)18-14;1-5(7)6-3-2-4-8-6;;/h10-11,14H,4-9H2,1-3H3,(H,21,25)(H2,20,22,23);7-8H,4-6,15H2,1-3H3,(H2,16,17,18);6H,2-4H2,1H3;1H;. The van der Waals surface area contributed by atoms with Gasteiger partial charge in [0.05, 0.1) is 39.5 Å². The first-order valence-electron chi connectivity index (χ1n) is 19.0. The molecule has 0 spiro atoms. The van der Waals surface area contributed by atoms with Crippen molar-refractivity contribution in [2.75, 3.05) is 103 Å². The monoisotopic (exact) mass is 973 g/mol. The van der Waals surface area contributed by atoms with Gasteiger partial charge in [-0.3, -0.25) is 9.59 Å². The fraction of sp³-hybridized carbons (Fsp3) is 0.538. The fourth-order valence-corrected chi connectivity index (χ4v) is 6.13. The maximum absolute atomic E-state index is 12.0. The van der Waals surface area contributed by atoms with Gasteiger partial charge in [-0.05, 0) is 64.1 Å².